The molecular formula is C8H13BrN2S. The standard InChI is InChI=1S/C8H13BrN2S/c1-5(2)6-7(9)10-8(12-6)11(3)4/h5H,1-4H3/i1D3,2D3,3D3,4D3,5D. The third kappa shape index (κ3) is 1.98. The van der Waals surface area contributed by atoms with E-state index in [1.54, 1.807) is 0 Å². The third-order valence-electron chi connectivity index (χ3n) is 0.993. The quantitative estimate of drug-likeness (QED) is 0.814. The lowest BCUT2D eigenvalue weighted by molar-refractivity contribution is 0.878. The summed E-state index contributed by atoms with van der Waals surface area (Å²) in [6, 6.07) is 0. The lowest BCUT2D eigenvalue weighted by Crippen LogP contribution is -2.07. The summed E-state index contributed by atoms with van der Waals surface area (Å²) in [6.45, 7) is -12.9. The van der Waals surface area contributed by atoms with Gasteiger partial charge in [0.05, 0.1) is 0 Å². The summed E-state index contributed by atoms with van der Waals surface area (Å²) in [5, 5.41) is -0.646. The smallest absolute Gasteiger partial charge is 0.186 e. The van der Waals surface area contributed by atoms with Gasteiger partial charge in [0.25, 0.3) is 0 Å². The Morgan fingerprint density at radius 3 is 3.00 bits per heavy atom. The van der Waals surface area contributed by atoms with Crippen LogP contribution in [0.3, 0.4) is 0 Å². The molecule has 0 aliphatic rings. The van der Waals surface area contributed by atoms with Crippen molar-refractivity contribution in [3.63, 3.8) is 0 Å². The van der Waals surface area contributed by atoms with Gasteiger partial charge in [-0.25, -0.2) is 4.98 Å². The molecule has 0 spiro atoms. The highest BCUT2D eigenvalue weighted by molar-refractivity contribution is 9.10. The van der Waals surface area contributed by atoms with E-state index in [1.165, 1.54) is 0 Å². The van der Waals surface area contributed by atoms with Gasteiger partial charge in [0.2, 0.25) is 0 Å². The SMILES string of the molecule is [2H]C([2H])([2H])N(c1nc(Br)c(C([2H])(C([2H])([2H])[2H])C([2H])([2H])[2H])s1)C([2H])([2H])[2H]. The van der Waals surface area contributed by atoms with E-state index in [0.717, 1.165) is 0 Å². The molecule has 12 heavy (non-hydrogen) atoms. The van der Waals surface area contributed by atoms with Crippen molar-refractivity contribution in [1.29, 1.82) is 0 Å². The van der Waals surface area contributed by atoms with Crippen molar-refractivity contribution >= 4 is 32.4 Å². The molecule has 0 aliphatic heterocycles. The first-order valence-electron chi connectivity index (χ1n) is 9.22. The predicted molar refractivity (Wildman–Crippen MR) is 58.2 cm³/mol. The van der Waals surface area contributed by atoms with Crippen molar-refractivity contribution in [2.24, 2.45) is 0 Å². The summed E-state index contributed by atoms with van der Waals surface area (Å²) < 4.78 is 96.4. The van der Waals surface area contributed by atoms with E-state index < -0.39 is 48.2 Å². The molecule has 0 atom stereocenters. The largest absolute Gasteiger partial charge is 0.354 e. The summed E-state index contributed by atoms with van der Waals surface area (Å²) in [4.78, 5) is 3.05. The van der Waals surface area contributed by atoms with Gasteiger partial charge >= 0.3 is 0 Å². The topological polar surface area (TPSA) is 16.1 Å². The van der Waals surface area contributed by atoms with Crippen molar-refractivity contribution in [2.75, 3.05) is 18.9 Å². The maximum absolute atomic E-state index is 8.09. The molecule has 4 heteroatoms. The van der Waals surface area contributed by atoms with E-state index in [4.69, 9.17) is 17.8 Å². The first-order valence-corrected chi connectivity index (χ1v) is 4.32. The fourth-order valence-corrected chi connectivity index (χ4v) is 1.91. The maximum atomic E-state index is 8.09. The molecule has 1 aromatic heterocycles. The Kier molecular flexibility index (Phi) is 0.713. The van der Waals surface area contributed by atoms with Crippen molar-refractivity contribution < 1.29 is 17.8 Å². The highest BCUT2D eigenvalue weighted by Gasteiger charge is 2.12. The lowest BCUT2D eigenvalue weighted by Gasteiger charge is -2.05. The number of aromatic nitrogens is 1. The molecule has 0 aliphatic carbocycles. The van der Waals surface area contributed by atoms with Crippen molar-refractivity contribution in [1.82, 2.24) is 4.98 Å². The van der Waals surface area contributed by atoms with Crippen LogP contribution in [0.5, 0.6) is 0 Å². The molecule has 1 heterocycles. The lowest BCUT2D eigenvalue weighted by atomic mass is 10.2. The number of hydrogen-bond acceptors (Lipinski definition) is 3. The van der Waals surface area contributed by atoms with E-state index in [2.05, 4.69) is 20.9 Å². The summed E-state index contributed by atoms with van der Waals surface area (Å²) >= 11 is 3.05. The van der Waals surface area contributed by atoms with Crippen LogP contribution in [0.15, 0.2) is 4.60 Å². The monoisotopic (exact) mass is 261 g/mol. The molecule has 0 radical (unpaired) electrons. The first-order chi connectivity index (χ1) is 10.7. The predicted octanol–water partition coefficient (Wildman–Crippen LogP) is 3.10. The second-order valence-electron chi connectivity index (χ2n) is 1.83. The highest BCUT2D eigenvalue weighted by Crippen LogP contribution is 2.33. The van der Waals surface area contributed by atoms with Crippen molar-refractivity contribution in [3.05, 3.63) is 9.48 Å². The van der Waals surface area contributed by atoms with Gasteiger partial charge in [-0.1, -0.05) is 13.7 Å². The average Bonchev–Trinajstić information content (AvgIpc) is 2.62. The van der Waals surface area contributed by atoms with E-state index in [9.17, 15) is 0 Å². The number of thiazole rings is 1. The normalized spacial score (nSPS) is 31.9. The molecule has 1 rings (SSSR count). The van der Waals surface area contributed by atoms with Crippen LogP contribution in [0, 0.1) is 0 Å². The van der Waals surface area contributed by atoms with Crippen LogP contribution in [0.2, 0.25) is 0 Å². The molecule has 0 unspecified atom stereocenters. The summed E-state index contributed by atoms with van der Waals surface area (Å²) in [7, 11) is 0. The number of rotatable bonds is 2. The number of hydrogen-bond donors (Lipinski definition) is 0. The molecule has 1 aromatic rings. The van der Waals surface area contributed by atoms with Gasteiger partial charge in [0, 0.05) is 36.6 Å². The van der Waals surface area contributed by atoms with Gasteiger partial charge in [-0.05, 0) is 21.8 Å². The van der Waals surface area contributed by atoms with Crippen LogP contribution in [-0.2, 0) is 0 Å². The van der Waals surface area contributed by atoms with Crippen LogP contribution < -0.4 is 4.90 Å². The average molecular weight is 262 g/mol. The fourth-order valence-electron chi connectivity index (χ4n) is 0.541. The van der Waals surface area contributed by atoms with Gasteiger partial charge in [-0.2, -0.15) is 0 Å². The zero-order valence-electron chi connectivity index (χ0n) is 18.7. The van der Waals surface area contributed by atoms with Crippen LogP contribution in [0.4, 0.5) is 5.13 Å². The molecule has 0 amide bonds. The summed E-state index contributed by atoms with van der Waals surface area (Å²) in [6.07, 6.45) is 0. The minimum absolute atomic E-state index is 0.00161. The summed E-state index contributed by atoms with van der Waals surface area (Å²) in [5.74, 6) is -3.12. The van der Waals surface area contributed by atoms with E-state index in [0.29, 0.717) is 0 Å². The molecule has 0 N–H and O–H groups in total. The van der Waals surface area contributed by atoms with Gasteiger partial charge in [-0.3, -0.25) is 0 Å². The molecule has 0 fully saturated rings. The Labute approximate surface area is 104 Å². The van der Waals surface area contributed by atoms with E-state index in [1.807, 2.05) is 0 Å². The van der Waals surface area contributed by atoms with Crippen LogP contribution in [0.1, 0.15) is 42.3 Å². The minimum Gasteiger partial charge on any atom is -0.354 e. The van der Waals surface area contributed by atoms with Crippen LogP contribution in [-0.4, -0.2) is 18.9 Å². The molecular weight excluding hydrogens is 236 g/mol. The Morgan fingerprint density at radius 2 is 2.42 bits per heavy atom. The van der Waals surface area contributed by atoms with Crippen molar-refractivity contribution in [2.45, 2.75) is 19.6 Å². The molecule has 68 valence electrons. The Bertz CT molecular complexity index is 596. The van der Waals surface area contributed by atoms with Gasteiger partial charge < -0.3 is 4.90 Å². The zero-order chi connectivity index (χ0) is 20.2. The minimum atomic E-state index is -3.31. The highest BCUT2D eigenvalue weighted by atomic mass is 79.9. The second kappa shape index (κ2) is 3.75. The molecule has 0 aromatic carbocycles. The Morgan fingerprint density at radius 1 is 1.67 bits per heavy atom. The van der Waals surface area contributed by atoms with Crippen LogP contribution >= 0.6 is 27.3 Å². The van der Waals surface area contributed by atoms with Crippen LogP contribution in [0.25, 0.3) is 0 Å². The fraction of sp³-hybridized carbons (Fsp3) is 0.625. The third-order valence-corrected chi connectivity index (χ3v) is 2.89. The first kappa shape index (κ1) is 2.28. The Hall–Kier alpha value is -0.0900. The van der Waals surface area contributed by atoms with E-state index >= 15 is 0 Å². The molecule has 0 saturated carbocycles. The van der Waals surface area contributed by atoms with Gasteiger partial charge in [0.15, 0.2) is 5.13 Å². The van der Waals surface area contributed by atoms with Gasteiger partial charge in [-0.15, -0.1) is 11.3 Å². The Balaban J connectivity index is 3.68. The number of anilines is 1. The molecule has 0 bridgehead atoms. The second-order valence-corrected chi connectivity index (χ2v) is 3.56. The molecule has 0 saturated heterocycles. The van der Waals surface area contributed by atoms with E-state index in [-0.39, 0.29) is 16.2 Å². The van der Waals surface area contributed by atoms with Gasteiger partial charge in [0.1, 0.15) is 4.60 Å². The summed E-state index contributed by atoms with van der Waals surface area (Å²) in [5.41, 5.74) is 0. The molecule has 2 nitrogen and oxygen atoms in total. The van der Waals surface area contributed by atoms with Crippen molar-refractivity contribution in [3.8, 4) is 0 Å². The maximum Gasteiger partial charge on any atom is 0.186 e. The number of nitrogens with zero attached hydrogens (tertiary/aromatic N) is 2. The number of halogens is 1. The zero-order valence-corrected chi connectivity index (χ0v) is 8.08.